The van der Waals surface area contributed by atoms with Crippen molar-refractivity contribution in [2.45, 2.75) is 20.3 Å². The first-order chi connectivity index (χ1) is 18.4. The van der Waals surface area contributed by atoms with Crippen molar-refractivity contribution in [3.8, 4) is 33.8 Å². The fourth-order valence-electron chi connectivity index (χ4n) is 4.39. The van der Waals surface area contributed by atoms with Gasteiger partial charge in [0.25, 0.3) is 0 Å². The molecule has 0 atom stereocenters. The molecular formula is C28H23FN8O. The van der Waals surface area contributed by atoms with E-state index in [2.05, 4.69) is 40.4 Å². The Morgan fingerprint density at radius 1 is 0.974 bits per heavy atom. The Morgan fingerprint density at radius 3 is 2.61 bits per heavy atom. The van der Waals surface area contributed by atoms with Crippen molar-refractivity contribution in [2.75, 3.05) is 5.32 Å². The molecule has 3 N–H and O–H groups in total. The fraction of sp³-hybridized carbons (Fsp3) is 0.143. The zero-order valence-corrected chi connectivity index (χ0v) is 20.7. The molecule has 1 aromatic carbocycles. The lowest BCUT2D eigenvalue weighted by Gasteiger charge is -2.08. The van der Waals surface area contributed by atoms with Gasteiger partial charge in [-0.1, -0.05) is 26.0 Å². The number of benzene rings is 1. The highest BCUT2D eigenvalue weighted by Crippen LogP contribution is 2.32. The molecular weight excluding hydrogens is 483 g/mol. The lowest BCUT2D eigenvalue weighted by Crippen LogP contribution is -2.13. The van der Waals surface area contributed by atoms with E-state index in [1.54, 1.807) is 36.9 Å². The number of carbonyl (C=O) groups is 1. The minimum absolute atomic E-state index is 0.0526. The summed E-state index contributed by atoms with van der Waals surface area (Å²) in [5.74, 6) is 0.465. The predicted molar refractivity (Wildman–Crippen MR) is 143 cm³/mol. The third-order valence-electron chi connectivity index (χ3n) is 6.14. The number of carbonyl (C=O) groups excluding carboxylic acids is 1. The van der Waals surface area contributed by atoms with Crippen LogP contribution in [-0.4, -0.2) is 41.0 Å². The number of hydrogen-bond donors (Lipinski definition) is 3. The summed E-state index contributed by atoms with van der Waals surface area (Å²) < 4.78 is 13.5. The number of aromatic nitrogens is 7. The molecule has 0 spiro atoms. The maximum Gasteiger partial charge on any atom is 0.224 e. The van der Waals surface area contributed by atoms with Crippen LogP contribution in [0.1, 0.15) is 20.3 Å². The van der Waals surface area contributed by atoms with E-state index in [4.69, 9.17) is 0 Å². The first kappa shape index (κ1) is 23.4. The van der Waals surface area contributed by atoms with E-state index in [-0.39, 0.29) is 17.6 Å². The number of anilines is 1. The summed E-state index contributed by atoms with van der Waals surface area (Å²) in [6.45, 7) is 4.00. The monoisotopic (exact) mass is 506 g/mol. The van der Waals surface area contributed by atoms with Gasteiger partial charge in [0, 0.05) is 41.7 Å². The van der Waals surface area contributed by atoms with Crippen molar-refractivity contribution in [1.29, 1.82) is 0 Å². The molecule has 0 saturated heterocycles. The van der Waals surface area contributed by atoms with Crippen LogP contribution in [0.15, 0.2) is 67.3 Å². The molecule has 0 aliphatic heterocycles. The Kier molecular flexibility index (Phi) is 5.83. The highest BCUT2D eigenvalue weighted by atomic mass is 19.1. The molecule has 6 aromatic rings. The summed E-state index contributed by atoms with van der Waals surface area (Å²) in [6.07, 6.45) is 7.18. The molecule has 0 radical (unpaired) electrons. The molecule has 0 bridgehead atoms. The minimum atomic E-state index is -0.296. The summed E-state index contributed by atoms with van der Waals surface area (Å²) in [7, 11) is 0. The van der Waals surface area contributed by atoms with Gasteiger partial charge < -0.3 is 10.3 Å². The number of nitrogens with one attached hydrogen (secondary N) is 3. The Balaban J connectivity index is 1.38. The summed E-state index contributed by atoms with van der Waals surface area (Å²) in [4.78, 5) is 33.5. The van der Waals surface area contributed by atoms with Crippen molar-refractivity contribution < 1.29 is 9.18 Å². The summed E-state index contributed by atoms with van der Waals surface area (Å²) >= 11 is 0. The summed E-state index contributed by atoms with van der Waals surface area (Å²) in [6, 6.07) is 12.0. The SMILES string of the molecule is CC(C)CC(=O)Nc1cncc(-c2cnc3n[nH]c(-c4nc5nccc(-c6ccc(F)cc6)c5[nH]4)c3c2)c1. The highest BCUT2D eigenvalue weighted by molar-refractivity contribution is 5.96. The molecule has 0 fully saturated rings. The molecule has 0 aliphatic carbocycles. The molecule has 0 unspecified atom stereocenters. The van der Waals surface area contributed by atoms with Crippen LogP contribution in [0.3, 0.4) is 0 Å². The van der Waals surface area contributed by atoms with Crippen molar-refractivity contribution in [3.05, 3.63) is 73.1 Å². The Morgan fingerprint density at radius 2 is 1.79 bits per heavy atom. The molecule has 5 heterocycles. The Hall–Kier alpha value is -4.99. The second-order valence-corrected chi connectivity index (χ2v) is 9.45. The Labute approximate surface area is 216 Å². The van der Waals surface area contributed by atoms with Gasteiger partial charge in [-0.3, -0.25) is 14.9 Å². The largest absolute Gasteiger partial charge is 0.335 e. The number of H-pyrrole nitrogens is 2. The van der Waals surface area contributed by atoms with Gasteiger partial charge in [0.05, 0.1) is 22.8 Å². The number of amides is 1. The van der Waals surface area contributed by atoms with Crippen molar-refractivity contribution in [2.24, 2.45) is 5.92 Å². The quantitative estimate of drug-likeness (QED) is 0.264. The normalized spacial score (nSPS) is 11.5. The van der Waals surface area contributed by atoms with E-state index in [1.165, 1.54) is 12.1 Å². The van der Waals surface area contributed by atoms with Gasteiger partial charge in [0.1, 0.15) is 11.5 Å². The van der Waals surface area contributed by atoms with Crippen molar-refractivity contribution in [1.82, 2.24) is 35.1 Å². The summed E-state index contributed by atoms with van der Waals surface area (Å²) in [5, 5.41) is 11.0. The zero-order chi connectivity index (χ0) is 26.2. The van der Waals surface area contributed by atoms with Crippen LogP contribution in [0.4, 0.5) is 10.1 Å². The first-order valence-corrected chi connectivity index (χ1v) is 12.1. The standard InChI is InChI=1S/C28H23FN8O/c1-15(2)9-23(38)33-20-10-17(12-30-14-20)18-11-22-25(36-37-26(22)32-13-18)28-34-24-21(7-8-31-27(24)35-28)16-3-5-19(29)6-4-16/h3-8,10-15H,9H2,1-2H3,(H,33,38)(H,31,34,35)(H,32,36,37). The maximum absolute atomic E-state index is 13.5. The maximum atomic E-state index is 13.5. The van der Waals surface area contributed by atoms with Crippen LogP contribution >= 0.6 is 0 Å². The van der Waals surface area contributed by atoms with Gasteiger partial charge in [-0.25, -0.2) is 19.3 Å². The lowest BCUT2D eigenvalue weighted by atomic mass is 10.1. The smallest absolute Gasteiger partial charge is 0.224 e. The van der Waals surface area contributed by atoms with Crippen LogP contribution in [-0.2, 0) is 4.79 Å². The number of rotatable bonds is 6. The molecule has 0 saturated carbocycles. The van der Waals surface area contributed by atoms with Crippen LogP contribution in [0.2, 0.25) is 0 Å². The average Bonchev–Trinajstić information content (AvgIpc) is 3.52. The first-order valence-electron chi connectivity index (χ1n) is 12.1. The third-order valence-corrected chi connectivity index (χ3v) is 6.14. The molecule has 0 aliphatic rings. The number of aromatic amines is 2. The predicted octanol–water partition coefficient (Wildman–Crippen LogP) is 5.75. The van der Waals surface area contributed by atoms with E-state index in [9.17, 15) is 9.18 Å². The zero-order valence-electron chi connectivity index (χ0n) is 20.7. The van der Waals surface area contributed by atoms with Crippen LogP contribution in [0, 0.1) is 11.7 Å². The van der Waals surface area contributed by atoms with E-state index < -0.39 is 0 Å². The van der Waals surface area contributed by atoms with Crippen molar-refractivity contribution >= 4 is 33.8 Å². The Bertz CT molecular complexity index is 1790. The molecule has 5 aromatic heterocycles. The van der Waals surface area contributed by atoms with E-state index in [0.717, 1.165) is 33.2 Å². The van der Waals surface area contributed by atoms with E-state index in [0.29, 0.717) is 34.9 Å². The number of nitrogens with zero attached hydrogens (tertiary/aromatic N) is 5. The fourth-order valence-corrected chi connectivity index (χ4v) is 4.39. The number of fused-ring (bicyclic) bond motifs is 2. The number of pyridine rings is 3. The van der Waals surface area contributed by atoms with Gasteiger partial charge in [-0.15, -0.1) is 0 Å². The molecule has 1 amide bonds. The second-order valence-electron chi connectivity index (χ2n) is 9.45. The second kappa shape index (κ2) is 9.47. The molecule has 6 rings (SSSR count). The molecule has 38 heavy (non-hydrogen) atoms. The number of hydrogen-bond acceptors (Lipinski definition) is 6. The van der Waals surface area contributed by atoms with Crippen LogP contribution < -0.4 is 5.32 Å². The lowest BCUT2D eigenvalue weighted by molar-refractivity contribution is -0.116. The van der Waals surface area contributed by atoms with Gasteiger partial charge in [0.2, 0.25) is 5.91 Å². The highest BCUT2D eigenvalue weighted by Gasteiger charge is 2.17. The van der Waals surface area contributed by atoms with Gasteiger partial charge in [0.15, 0.2) is 17.1 Å². The topological polar surface area (TPSA) is 125 Å². The molecule has 9 nitrogen and oxygen atoms in total. The van der Waals surface area contributed by atoms with E-state index >= 15 is 0 Å². The molecule has 10 heteroatoms. The van der Waals surface area contributed by atoms with Gasteiger partial charge in [-0.05, 0) is 41.8 Å². The van der Waals surface area contributed by atoms with Crippen LogP contribution in [0.25, 0.3) is 56.0 Å². The minimum Gasteiger partial charge on any atom is -0.335 e. The number of imidazole rings is 1. The average molecular weight is 507 g/mol. The molecule has 188 valence electrons. The summed E-state index contributed by atoms with van der Waals surface area (Å²) in [5.41, 5.74) is 6.40. The van der Waals surface area contributed by atoms with E-state index in [1.807, 2.05) is 32.0 Å². The van der Waals surface area contributed by atoms with Gasteiger partial charge in [-0.2, -0.15) is 5.10 Å². The van der Waals surface area contributed by atoms with Gasteiger partial charge >= 0.3 is 0 Å². The third kappa shape index (κ3) is 4.47. The van der Waals surface area contributed by atoms with Crippen molar-refractivity contribution in [3.63, 3.8) is 0 Å². The van der Waals surface area contributed by atoms with Crippen LogP contribution in [0.5, 0.6) is 0 Å². The number of halogens is 1.